The maximum Gasteiger partial charge on any atom is 0.309 e. The quantitative estimate of drug-likeness (QED) is 0.257. The van der Waals surface area contributed by atoms with Crippen molar-refractivity contribution < 1.29 is 9.59 Å². The maximum absolute atomic E-state index is 9.53. The van der Waals surface area contributed by atoms with E-state index in [2.05, 4.69) is 10.6 Å². The average Bonchev–Trinajstić information content (AvgIpc) is 1.81. The van der Waals surface area contributed by atoms with Crippen LogP contribution in [0, 0.1) is 0 Å². The van der Waals surface area contributed by atoms with E-state index in [-0.39, 0.29) is 0 Å². The van der Waals surface area contributed by atoms with E-state index in [1.807, 2.05) is 0 Å². The third-order valence-corrected chi connectivity index (χ3v) is 0.550. The maximum atomic E-state index is 9.53. The minimum absolute atomic E-state index is 0.433. The van der Waals surface area contributed by atoms with Crippen LogP contribution in [0.15, 0.2) is 0 Å². The number of amides is 2. The molecule has 0 unspecified atom stereocenters. The van der Waals surface area contributed by atoms with Gasteiger partial charge in [-0.2, -0.15) is 0 Å². The van der Waals surface area contributed by atoms with Crippen molar-refractivity contribution in [2.75, 3.05) is 13.1 Å². The summed E-state index contributed by atoms with van der Waals surface area (Å²) in [6, 6.07) is 0. The number of hydrogen-bond acceptors (Lipinski definition) is 2. The molecule has 2 amide bonds. The highest BCUT2D eigenvalue weighted by molar-refractivity contribution is 5.48. The van der Waals surface area contributed by atoms with Gasteiger partial charge in [-0.25, -0.2) is 0 Å². The minimum Gasteiger partial charge on any atom is -0.357 e. The molecule has 1 radical (unpaired) electrons. The van der Waals surface area contributed by atoms with E-state index < -0.39 is 0 Å². The van der Waals surface area contributed by atoms with Crippen LogP contribution in [0.3, 0.4) is 0 Å². The Morgan fingerprint density at radius 3 is 2.75 bits per heavy atom. The predicted molar refractivity (Wildman–Crippen MR) is 27.8 cm³/mol. The third kappa shape index (κ3) is 4.94. The molecular formula is C4H7N2O2. The summed E-state index contributed by atoms with van der Waals surface area (Å²) >= 11 is 0. The zero-order valence-electron chi connectivity index (χ0n) is 4.31. The summed E-state index contributed by atoms with van der Waals surface area (Å²) in [5.41, 5.74) is 0. The molecule has 0 atom stereocenters. The molecule has 0 saturated carbocycles. The zero-order chi connectivity index (χ0) is 6.24. The van der Waals surface area contributed by atoms with Gasteiger partial charge in [0.15, 0.2) is 0 Å². The first-order valence-electron chi connectivity index (χ1n) is 2.19. The van der Waals surface area contributed by atoms with Crippen molar-refractivity contribution in [2.24, 2.45) is 0 Å². The number of carbonyl (C=O) groups excluding carboxylic acids is 2. The Hall–Kier alpha value is -1.06. The second kappa shape index (κ2) is 5.94. The largest absolute Gasteiger partial charge is 0.357 e. The van der Waals surface area contributed by atoms with E-state index in [0.717, 1.165) is 0 Å². The summed E-state index contributed by atoms with van der Waals surface area (Å²) in [6.07, 6.45) is 2.05. The molecule has 45 valence electrons. The van der Waals surface area contributed by atoms with Crippen molar-refractivity contribution in [2.45, 2.75) is 0 Å². The van der Waals surface area contributed by atoms with Gasteiger partial charge in [-0.05, 0) is 0 Å². The second-order valence-corrected chi connectivity index (χ2v) is 1.10. The number of carbonyl (C=O) groups is 1. The van der Waals surface area contributed by atoms with Crippen LogP contribution in [0.1, 0.15) is 0 Å². The van der Waals surface area contributed by atoms with E-state index in [1.165, 1.54) is 6.41 Å². The molecular weight excluding hydrogens is 108 g/mol. The molecule has 0 aromatic carbocycles. The number of hydrogen-bond donors (Lipinski definition) is 2. The number of nitrogens with one attached hydrogen (secondary N) is 2. The highest BCUT2D eigenvalue weighted by Crippen LogP contribution is 1.47. The Balaban J connectivity index is 2.71. The van der Waals surface area contributed by atoms with Crippen LogP contribution in [0.5, 0.6) is 0 Å². The van der Waals surface area contributed by atoms with Crippen molar-refractivity contribution >= 4 is 12.8 Å². The van der Waals surface area contributed by atoms with Crippen LogP contribution < -0.4 is 10.6 Å². The summed E-state index contributed by atoms with van der Waals surface area (Å²) in [7, 11) is 0. The summed E-state index contributed by atoms with van der Waals surface area (Å²) in [6.45, 7) is 0.890. The van der Waals surface area contributed by atoms with E-state index in [0.29, 0.717) is 19.5 Å². The summed E-state index contributed by atoms with van der Waals surface area (Å²) < 4.78 is 0. The van der Waals surface area contributed by atoms with Gasteiger partial charge < -0.3 is 10.6 Å². The van der Waals surface area contributed by atoms with E-state index >= 15 is 0 Å². The van der Waals surface area contributed by atoms with Gasteiger partial charge in [0, 0.05) is 13.1 Å². The van der Waals surface area contributed by atoms with Crippen LogP contribution in [0.25, 0.3) is 0 Å². The summed E-state index contributed by atoms with van der Waals surface area (Å²) in [5, 5.41) is 4.62. The Morgan fingerprint density at radius 1 is 1.50 bits per heavy atom. The predicted octanol–water partition coefficient (Wildman–Crippen LogP) is -1.61. The molecule has 0 aliphatic carbocycles. The monoisotopic (exact) mass is 115 g/mol. The fourth-order valence-corrected chi connectivity index (χ4v) is 0.245. The Labute approximate surface area is 47.3 Å². The molecule has 0 heterocycles. The fraction of sp³-hybridized carbons (Fsp3) is 0.500. The lowest BCUT2D eigenvalue weighted by atomic mass is 10.6. The first kappa shape index (κ1) is 6.94. The Morgan fingerprint density at radius 2 is 2.25 bits per heavy atom. The lowest BCUT2D eigenvalue weighted by Crippen LogP contribution is -2.25. The van der Waals surface area contributed by atoms with Crippen LogP contribution in [-0.2, 0) is 9.59 Å². The molecule has 4 heteroatoms. The molecule has 0 spiro atoms. The normalized spacial score (nSPS) is 7.50. The Bertz CT molecular complexity index is 64.4. The van der Waals surface area contributed by atoms with Gasteiger partial charge in [0.2, 0.25) is 6.41 Å². The molecule has 0 aliphatic heterocycles. The molecule has 0 fully saturated rings. The van der Waals surface area contributed by atoms with Crippen molar-refractivity contribution in [1.29, 1.82) is 0 Å². The van der Waals surface area contributed by atoms with Crippen LogP contribution >= 0.6 is 0 Å². The summed E-state index contributed by atoms with van der Waals surface area (Å²) in [4.78, 5) is 18.9. The van der Waals surface area contributed by atoms with E-state index in [4.69, 9.17) is 0 Å². The molecule has 0 aromatic rings. The minimum atomic E-state index is 0.433. The molecule has 0 aromatic heterocycles. The van der Waals surface area contributed by atoms with Crippen molar-refractivity contribution in [3.8, 4) is 0 Å². The molecule has 0 rings (SSSR count). The average molecular weight is 115 g/mol. The van der Waals surface area contributed by atoms with Crippen LogP contribution in [-0.4, -0.2) is 25.9 Å². The second-order valence-electron chi connectivity index (χ2n) is 1.10. The van der Waals surface area contributed by atoms with Gasteiger partial charge in [0.25, 0.3) is 0 Å². The topological polar surface area (TPSA) is 58.2 Å². The smallest absolute Gasteiger partial charge is 0.309 e. The van der Waals surface area contributed by atoms with Gasteiger partial charge in [-0.1, -0.05) is 0 Å². The molecule has 0 aliphatic rings. The molecule has 0 bridgehead atoms. The molecule has 4 nitrogen and oxygen atoms in total. The van der Waals surface area contributed by atoms with Gasteiger partial charge in [0.1, 0.15) is 0 Å². The highest BCUT2D eigenvalue weighted by atomic mass is 16.1. The molecule has 2 N–H and O–H groups in total. The van der Waals surface area contributed by atoms with Crippen molar-refractivity contribution in [3.05, 3.63) is 0 Å². The molecule has 0 saturated heterocycles. The van der Waals surface area contributed by atoms with Gasteiger partial charge in [-0.15, -0.1) is 0 Å². The highest BCUT2D eigenvalue weighted by Gasteiger charge is 1.78. The van der Waals surface area contributed by atoms with Gasteiger partial charge >= 0.3 is 6.41 Å². The first-order chi connectivity index (χ1) is 3.91. The lowest BCUT2D eigenvalue weighted by molar-refractivity contribution is -0.109. The first-order valence-corrected chi connectivity index (χ1v) is 2.19. The lowest BCUT2D eigenvalue weighted by Gasteiger charge is -1.92. The molecule has 8 heavy (non-hydrogen) atoms. The standard InChI is InChI=1S/C4H7N2O2/c7-3-5-1-2-6-4-8/h3H,1-2H2,(H,5,7)(H,6,8). The van der Waals surface area contributed by atoms with Crippen molar-refractivity contribution in [3.63, 3.8) is 0 Å². The number of rotatable bonds is 5. The van der Waals surface area contributed by atoms with Gasteiger partial charge in [-0.3, -0.25) is 9.59 Å². The summed E-state index contributed by atoms with van der Waals surface area (Å²) in [5.74, 6) is 0. The SMILES string of the molecule is O=[C]NCCNC=O. The van der Waals surface area contributed by atoms with E-state index in [9.17, 15) is 9.59 Å². The van der Waals surface area contributed by atoms with Crippen molar-refractivity contribution in [1.82, 2.24) is 10.6 Å². The third-order valence-electron chi connectivity index (χ3n) is 0.550. The van der Waals surface area contributed by atoms with E-state index in [1.54, 1.807) is 0 Å². The van der Waals surface area contributed by atoms with Crippen LogP contribution in [0.4, 0.5) is 0 Å². The fourth-order valence-electron chi connectivity index (χ4n) is 0.245. The zero-order valence-corrected chi connectivity index (χ0v) is 4.31. The van der Waals surface area contributed by atoms with Crippen LogP contribution in [0.2, 0.25) is 0 Å². The Kier molecular flexibility index (Phi) is 5.15. The van der Waals surface area contributed by atoms with Gasteiger partial charge in [0.05, 0.1) is 0 Å².